The van der Waals surface area contributed by atoms with Crippen molar-refractivity contribution in [2.24, 2.45) is 35.0 Å². The van der Waals surface area contributed by atoms with Gasteiger partial charge in [-0.15, -0.1) is 0 Å². The molecule has 0 aromatic heterocycles. The summed E-state index contributed by atoms with van der Waals surface area (Å²) in [5, 5.41) is 24.1. The minimum Gasteiger partial charge on any atom is -0.461 e. The Morgan fingerprint density at radius 3 is 2.47 bits per heavy atom. The van der Waals surface area contributed by atoms with Crippen LogP contribution in [0, 0.1) is 35.0 Å². The Hall–Kier alpha value is -1.99. The molecule has 2 saturated carbocycles. The number of carbonyl (C=O) groups excluding carboxylic acids is 3. The molecule has 0 bridgehead atoms. The van der Waals surface area contributed by atoms with Gasteiger partial charge in [0.25, 0.3) is 0 Å². The van der Waals surface area contributed by atoms with Crippen molar-refractivity contribution in [2.75, 3.05) is 6.61 Å². The van der Waals surface area contributed by atoms with Crippen LogP contribution in [-0.2, 0) is 23.9 Å². The second-order valence-electron chi connectivity index (χ2n) is 11.7. The lowest BCUT2D eigenvalue weighted by molar-refractivity contribution is -0.188. The third kappa shape index (κ3) is 3.19. The van der Waals surface area contributed by atoms with E-state index in [0.717, 1.165) is 0 Å². The Labute approximate surface area is 201 Å². The molecule has 0 aromatic rings. The van der Waals surface area contributed by atoms with Gasteiger partial charge in [0.05, 0.1) is 11.5 Å². The molecule has 0 aromatic carbocycles. The smallest absolute Gasteiger partial charge is 0.309 e. The summed E-state index contributed by atoms with van der Waals surface area (Å²) in [4.78, 5) is 37.5. The zero-order chi connectivity index (χ0) is 25.4. The van der Waals surface area contributed by atoms with E-state index in [2.05, 4.69) is 13.8 Å². The maximum Gasteiger partial charge on any atom is 0.309 e. The van der Waals surface area contributed by atoms with Crippen LogP contribution in [0.3, 0.4) is 0 Å². The molecule has 34 heavy (non-hydrogen) atoms. The van der Waals surface area contributed by atoms with Crippen LogP contribution in [-0.4, -0.2) is 51.3 Å². The van der Waals surface area contributed by atoms with E-state index in [9.17, 15) is 24.6 Å². The van der Waals surface area contributed by atoms with Gasteiger partial charge in [0.2, 0.25) is 0 Å². The van der Waals surface area contributed by atoms with Gasteiger partial charge in [-0.2, -0.15) is 0 Å². The fourth-order valence-electron chi connectivity index (χ4n) is 7.23. The van der Waals surface area contributed by atoms with E-state index < -0.39 is 45.8 Å². The summed E-state index contributed by atoms with van der Waals surface area (Å²) in [5.74, 6) is -3.19. The van der Waals surface area contributed by atoms with E-state index in [-0.39, 0.29) is 36.8 Å². The highest BCUT2D eigenvalue weighted by Crippen LogP contribution is 2.76. The molecule has 2 fully saturated rings. The molecule has 0 spiro atoms. The maximum absolute atomic E-state index is 13.1. The molecule has 0 heterocycles. The highest BCUT2D eigenvalue weighted by atomic mass is 16.6. The molecule has 7 nitrogen and oxygen atoms in total. The minimum absolute atomic E-state index is 0.0179. The predicted molar refractivity (Wildman–Crippen MR) is 124 cm³/mol. The van der Waals surface area contributed by atoms with Crippen molar-refractivity contribution in [1.29, 1.82) is 0 Å². The molecule has 4 aliphatic carbocycles. The third-order valence-corrected chi connectivity index (χ3v) is 9.43. The number of aliphatic hydroxyl groups is 2. The van der Waals surface area contributed by atoms with Crippen molar-refractivity contribution in [1.82, 2.24) is 0 Å². The molecule has 0 amide bonds. The molecule has 4 aliphatic rings. The van der Waals surface area contributed by atoms with E-state index in [1.807, 2.05) is 26.8 Å². The van der Waals surface area contributed by atoms with E-state index in [1.54, 1.807) is 13.0 Å². The van der Waals surface area contributed by atoms with Crippen LogP contribution >= 0.6 is 0 Å². The normalized spacial score (nSPS) is 42.8. The lowest BCUT2D eigenvalue weighted by Gasteiger charge is -2.50. The number of ether oxygens (including phenoxy) is 2. The van der Waals surface area contributed by atoms with Crippen LogP contribution in [0.1, 0.15) is 67.7 Å². The number of rotatable bonds is 5. The van der Waals surface area contributed by atoms with E-state index in [4.69, 9.17) is 9.47 Å². The van der Waals surface area contributed by atoms with Crippen molar-refractivity contribution in [3.05, 3.63) is 23.3 Å². The SMILES string of the molecule is CC[C@H](C)C(=O)O[C@@]12C[C@@H](C)[C@@]3(O)[C@@H](C=C(COC(C)=O)C[C@]4(O)C(=O)C(C)=C[C@@H]34)[C@@H]1C2(C)C. The molecule has 7 heteroatoms. The van der Waals surface area contributed by atoms with Gasteiger partial charge in [0.15, 0.2) is 5.78 Å². The predicted octanol–water partition coefficient (Wildman–Crippen LogP) is 3.13. The second-order valence-corrected chi connectivity index (χ2v) is 11.7. The van der Waals surface area contributed by atoms with Gasteiger partial charge in [0.1, 0.15) is 17.8 Å². The first-order valence-electron chi connectivity index (χ1n) is 12.4. The largest absolute Gasteiger partial charge is 0.461 e. The molecular weight excluding hydrogens is 436 g/mol. The molecule has 8 atom stereocenters. The number of hydrogen-bond donors (Lipinski definition) is 2. The Morgan fingerprint density at radius 1 is 1.24 bits per heavy atom. The first-order chi connectivity index (χ1) is 15.7. The van der Waals surface area contributed by atoms with Gasteiger partial charge < -0.3 is 19.7 Å². The summed E-state index contributed by atoms with van der Waals surface area (Å²) >= 11 is 0. The Morgan fingerprint density at radius 2 is 1.88 bits per heavy atom. The zero-order valence-electron chi connectivity index (χ0n) is 21.3. The van der Waals surface area contributed by atoms with Crippen molar-refractivity contribution >= 4 is 17.7 Å². The summed E-state index contributed by atoms with van der Waals surface area (Å²) in [6, 6.07) is 0. The van der Waals surface area contributed by atoms with Crippen LogP contribution < -0.4 is 0 Å². The van der Waals surface area contributed by atoms with Crippen molar-refractivity contribution < 1.29 is 34.1 Å². The second kappa shape index (κ2) is 7.76. The topological polar surface area (TPSA) is 110 Å². The van der Waals surface area contributed by atoms with Crippen molar-refractivity contribution in [2.45, 2.75) is 84.5 Å². The molecule has 2 N–H and O–H groups in total. The number of fused-ring (bicyclic) bond motifs is 5. The fraction of sp³-hybridized carbons (Fsp3) is 0.741. The van der Waals surface area contributed by atoms with Crippen LogP contribution in [0.2, 0.25) is 0 Å². The summed E-state index contributed by atoms with van der Waals surface area (Å²) < 4.78 is 11.5. The van der Waals surface area contributed by atoms with Crippen molar-refractivity contribution in [3.63, 3.8) is 0 Å². The van der Waals surface area contributed by atoms with E-state index in [0.29, 0.717) is 24.0 Å². The van der Waals surface area contributed by atoms with Crippen LogP contribution in [0.15, 0.2) is 23.3 Å². The average molecular weight is 475 g/mol. The van der Waals surface area contributed by atoms with Gasteiger partial charge in [-0.3, -0.25) is 14.4 Å². The number of esters is 2. The van der Waals surface area contributed by atoms with Gasteiger partial charge in [-0.25, -0.2) is 0 Å². The van der Waals surface area contributed by atoms with Crippen LogP contribution in [0.5, 0.6) is 0 Å². The van der Waals surface area contributed by atoms with Crippen LogP contribution in [0.25, 0.3) is 0 Å². The van der Waals surface area contributed by atoms with Gasteiger partial charge in [0, 0.05) is 36.5 Å². The van der Waals surface area contributed by atoms with E-state index >= 15 is 0 Å². The van der Waals surface area contributed by atoms with Gasteiger partial charge >= 0.3 is 11.9 Å². The Bertz CT molecular complexity index is 993. The number of hydrogen-bond acceptors (Lipinski definition) is 7. The molecule has 4 rings (SSSR count). The first kappa shape index (κ1) is 25.1. The highest BCUT2D eigenvalue weighted by molar-refractivity contribution is 6.04. The number of ketones is 1. The summed E-state index contributed by atoms with van der Waals surface area (Å²) in [6.07, 6.45) is 4.70. The Kier molecular flexibility index (Phi) is 5.73. The zero-order valence-corrected chi connectivity index (χ0v) is 21.3. The maximum atomic E-state index is 13.1. The van der Waals surface area contributed by atoms with Gasteiger partial charge in [-0.1, -0.05) is 46.8 Å². The molecule has 0 unspecified atom stereocenters. The fourth-order valence-corrected chi connectivity index (χ4v) is 7.23. The lowest BCUT2D eigenvalue weighted by atomic mass is 9.60. The van der Waals surface area contributed by atoms with Crippen LogP contribution in [0.4, 0.5) is 0 Å². The molecule has 0 saturated heterocycles. The summed E-state index contributed by atoms with van der Waals surface area (Å²) in [5.41, 5.74) is -3.36. The summed E-state index contributed by atoms with van der Waals surface area (Å²) in [6.45, 7) is 12.7. The monoisotopic (exact) mass is 474 g/mol. The van der Waals surface area contributed by atoms with E-state index in [1.165, 1.54) is 6.92 Å². The third-order valence-electron chi connectivity index (χ3n) is 9.43. The standard InChI is InChI=1S/C27H38O7/c1-8-14(2)23(30)34-26-11-16(4)27(32)19(21(26)24(26,6)7)10-18(13-33-17(5)28)12-25(31)20(27)9-15(3)22(25)29/h9-10,14,16,19-21,31-32H,8,11-13H2,1-7H3/t14-,16+,19-,20+,21+,25+,26-,27+/m0/s1. The quantitative estimate of drug-likeness (QED) is 0.465. The molecular formula is C27H38O7. The highest BCUT2D eigenvalue weighted by Gasteiger charge is 2.83. The van der Waals surface area contributed by atoms with Gasteiger partial charge in [-0.05, 0) is 36.8 Å². The number of carbonyl (C=O) groups is 3. The minimum atomic E-state index is -1.81. The number of Topliss-reactive ketones (excluding diaryl/α,β-unsaturated/α-hetero) is 1. The lowest BCUT2D eigenvalue weighted by Crippen LogP contribution is -2.61. The summed E-state index contributed by atoms with van der Waals surface area (Å²) in [7, 11) is 0. The molecule has 188 valence electrons. The molecule has 0 aliphatic heterocycles. The Balaban J connectivity index is 1.83. The molecule has 0 radical (unpaired) electrons. The first-order valence-corrected chi connectivity index (χ1v) is 12.4. The van der Waals surface area contributed by atoms with Crippen molar-refractivity contribution in [3.8, 4) is 0 Å². The average Bonchev–Trinajstić information content (AvgIpc) is 3.16.